The summed E-state index contributed by atoms with van der Waals surface area (Å²) in [7, 11) is 1.98. The second kappa shape index (κ2) is 7.97. The first-order valence-corrected chi connectivity index (χ1v) is 10.1. The Balaban J connectivity index is 1.67. The highest BCUT2D eigenvalue weighted by Crippen LogP contribution is 2.47. The van der Waals surface area contributed by atoms with Gasteiger partial charge in [0.1, 0.15) is 0 Å². The second-order valence-electron chi connectivity index (χ2n) is 7.88. The number of allylic oxidation sites excluding steroid dienone is 1. The smallest absolute Gasteiger partial charge is 0.258 e. The highest BCUT2D eigenvalue weighted by molar-refractivity contribution is 5.80. The fraction of sp³-hybridized carbons (Fsp3) is 0.391. The molecule has 29 heavy (non-hydrogen) atoms. The number of carbonyl (C=O) groups is 1. The zero-order valence-electron chi connectivity index (χ0n) is 16.8. The number of likely N-dealkylation sites (N-methyl/N-ethyl adjacent to an activating group) is 1. The number of carbonyl (C=O) groups excluding carboxylic acids is 1. The van der Waals surface area contributed by atoms with Crippen LogP contribution >= 0.6 is 0 Å². The van der Waals surface area contributed by atoms with Crippen LogP contribution in [0.1, 0.15) is 29.8 Å². The molecule has 4 rings (SSSR count). The van der Waals surface area contributed by atoms with Crippen LogP contribution in [-0.4, -0.2) is 40.2 Å². The number of aliphatic hydroxyl groups excluding tert-OH is 1. The van der Waals surface area contributed by atoms with Gasteiger partial charge in [-0.05, 0) is 31.7 Å². The molecule has 6 nitrogen and oxygen atoms in total. The highest BCUT2D eigenvalue weighted by Gasteiger charge is 2.54. The second-order valence-corrected chi connectivity index (χ2v) is 7.88. The Morgan fingerprint density at radius 3 is 2.69 bits per heavy atom. The molecule has 6 heteroatoms. The van der Waals surface area contributed by atoms with Gasteiger partial charge in [0.2, 0.25) is 5.91 Å². The van der Waals surface area contributed by atoms with Crippen molar-refractivity contribution in [3.63, 3.8) is 0 Å². The van der Waals surface area contributed by atoms with Crippen molar-refractivity contribution in [2.24, 2.45) is 11.8 Å². The van der Waals surface area contributed by atoms with E-state index in [2.05, 4.69) is 10.2 Å². The fourth-order valence-electron chi connectivity index (χ4n) is 4.92. The average molecular weight is 393 g/mol. The van der Waals surface area contributed by atoms with Gasteiger partial charge in [0.15, 0.2) is 0 Å². The Labute approximate surface area is 170 Å². The van der Waals surface area contributed by atoms with Crippen LogP contribution in [0.2, 0.25) is 0 Å². The summed E-state index contributed by atoms with van der Waals surface area (Å²) in [4.78, 5) is 28.3. The minimum Gasteiger partial charge on any atom is -0.396 e. The summed E-state index contributed by atoms with van der Waals surface area (Å²) in [6.45, 7) is 2.73. The zero-order valence-corrected chi connectivity index (χ0v) is 16.8. The monoisotopic (exact) mass is 393 g/mol. The Morgan fingerprint density at radius 2 is 2.00 bits per heavy atom. The molecule has 152 valence electrons. The minimum absolute atomic E-state index is 0.0364. The molecule has 2 aliphatic rings. The van der Waals surface area contributed by atoms with Gasteiger partial charge in [-0.25, -0.2) is 0 Å². The van der Waals surface area contributed by atoms with E-state index in [-0.39, 0.29) is 36.1 Å². The van der Waals surface area contributed by atoms with Crippen LogP contribution < -0.4 is 10.9 Å². The number of aromatic nitrogens is 1. The van der Waals surface area contributed by atoms with Crippen LogP contribution in [0, 0.1) is 11.8 Å². The van der Waals surface area contributed by atoms with Gasteiger partial charge in [-0.15, -0.1) is 0 Å². The quantitative estimate of drug-likeness (QED) is 0.812. The Hall–Kier alpha value is -2.70. The van der Waals surface area contributed by atoms with Crippen molar-refractivity contribution in [2.75, 3.05) is 13.7 Å². The Bertz CT molecular complexity index is 983. The highest BCUT2D eigenvalue weighted by atomic mass is 16.3. The van der Waals surface area contributed by atoms with Gasteiger partial charge in [0.05, 0.1) is 12.0 Å². The SMILES string of the molecule is C/C=C\c1ccc2n(c1=O)C[C@H]1[C@H](CO)[C@@H](C(=O)NCc3ccccc3)[C@@H]2N1C. The van der Waals surface area contributed by atoms with E-state index in [1.807, 2.05) is 68.6 Å². The molecule has 0 saturated carbocycles. The molecule has 0 radical (unpaired) electrons. The molecule has 1 saturated heterocycles. The molecule has 2 aliphatic heterocycles. The van der Waals surface area contributed by atoms with Crippen LogP contribution in [0.25, 0.3) is 6.08 Å². The number of pyridine rings is 1. The van der Waals surface area contributed by atoms with Gasteiger partial charge in [0, 0.05) is 42.9 Å². The van der Waals surface area contributed by atoms with Crippen LogP contribution in [0.3, 0.4) is 0 Å². The van der Waals surface area contributed by atoms with Gasteiger partial charge < -0.3 is 15.0 Å². The summed E-state index contributed by atoms with van der Waals surface area (Å²) in [5.41, 5.74) is 2.48. The molecule has 0 spiro atoms. The van der Waals surface area contributed by atoms with Crippen molar-refractivity contribution in [3.8, 4) is 0 Å². The molecule has 2 N–H and O–H groups in total. The zero-order chi connectivity index (χ0) is 20.5. The lowest BCUT2D eigenvalue weighted by Gasteiger charge is -2.35. The molecule has 1 fully saturated rings. The van der Waals surface area contributed by atoms with E-state index < -0.39 is 5.92 Å². The van der Waals surface area contributed by atoms with E-state index in [9.17, 15) is 14.7 Å². The van der Waals surface area contributed by atoms with Gasteiger partial charge in [0.25, 0.3) is 5.56 Å². The van der Waals surface area contributed by atoms with Crippen LogP contribution in [-0.2, 0) is 17.9 Å². The van der Waals surface area contributed by atoms with Crippen molar-refractivity contribution in [1.29, 1.82) is 0 Å². The molecule has 4 atom stereocenters. The lowest BCUT2D eigenvalue weighted by Crippen LogP contribution is -2.44. The molecule has 2 aromatic rings. The molecule has 0 aliphatic carbocycles. The summed E-state index contributed by atoms with van der Waals surface area (Å²) in [5, 5.41) is 13.2. The Morgan fingerprint density at radius 1 is 1.24 bits per heavy atom. The normalized spacial score (nSPS) is 25.9. The van der Waals surface area contributed by atoms with Crippen LogP contribution in [0.5, 0.6) is 0 Å². The van der Waals surface area contributed by atoms with Crippen molar-refractivity contribution in [2.45, 2.75) is 32.1 Å². The van der Waals surface area contributed by atoms with Crippen molar-refractivity contribution in [1.82, 2.24) is 14.8 Å². The lowest BCUT2D eigenvalue weighted by molar-refractivity contribution is -0.127. The maximum Gasteiger partial charge on any atom is 0.258 e. The number of amides is 1. The molecular formula is C23H27N3O3. The molecule has 3 heterocycles. The summed E-state index contributed by atoms with van der Waals surface area (Å²) in [6.07, 6.45) is 3.66. The van der Waals surface area contributed by atoms with E-state index in [0.717, 1.165) is 11.3 Å². The maximum atomic E-state index is 13.2. The van der Waals surface area contributed by atoms with Gasteiger partial charge in [-0.3, -0.25) is 14.5 Å². The third-order valence-corrected chi connectivity index (χ3v) is 6.34. The minimum atomic E-state index is -0.403. The van der Waals surface area contributed by atoms with Crippen LogP contribution in [0.15, 0.2) is 53.3 Å². The number of benzene rings is 1. The predicted molar refractivity (Wildman–Crippen MR) is 112 cm³/mol. The molecule has 2 bridgehead atoms. The van der Waals surface area contributed by atoms with Crippen molar-refractivity contribution in [3.05, 3.63) is 75.7 Å². The van der Waals surface area contributed by atoms with Crippen molar-refractivity contribution < 1.29 is 9.90 Å². The van der Waals surface area contributed by atoms with Crippen molar-refractivity contribution >= 4 is 12.0 Å². The predicted octanol–water partition coefficient (Wildman–Crippen LogP) is 1.79. The number of aliphatic hydroxyl groups is 1. The number of hydrogen-bond donors (Lipinski definition) is 2. The van der Waals surface area contributed by atoms with E-state index in [1.54, 1.807) is 4.57 Å². The Kier molecular flexibility index (Phi) is 5.39. The average Bonchev–Trinajstić information content (AvgIpc) is 2.91. The summed E-state index contributed by atoms with van der Waals surface area (Å²) in [5.74, 6) is -0.699. The molecule has 0 unspecified atom stereocenters. The number of nitrogens with one attached hydrogen (secondary N) is 1. The summed E-state index contributed by atoms with van der Waals surface area (Å²) >= 11 is 0. The standard InChI is InChI=1S/C23H27N3O3/c1-3-7-16-10-11-18-21-20(22(28)24-12-15-8-5-4-6-9-15)17(14-27)19(25(21)2)13-26(18)23(16)29/h3-11,17,19-21,27H,12-14H2,1-2H3,(H,24,28)/b7-3-/t17-,19-,20+,21+/m0/s1. The first-order chi connectivity index (χ1) is 14.1. The van der Waals surface area contributed by atoms with Gasteiger partial charge in [-0.1, -0.05) is 42.5 Å². The summed E-state index contributed by atoms with van der Waals surface area (Å²) in [6, 6.07) is 13.3. The first kappa shape index (κ1) is 19.6. The van der Waals surface area contributed by atoms with E-state index in [1.165, 1.54) is 0 Å². The van der Waals surface area contributed by atoms with E-state index in [0.29, 0.717) is 18.7 Å². The largest absolute Gasteiger partial charge is 0.396 e. The van der Waals surface area contributed by atoms with Gasteiger partial charge >= 0.3 is 0 Å². The third-order valence-electron chi connectivity index (χ3n) is 6.34. The summed E-state index contributed by atoms with van der Waals surface area (Å²) < 4.78 is 1.79. The third kappa shape index (κ3) is 3.32. The van der Waals surface area contributed by atoms with Gasteiger partial charge in [-0.2, -0.15) is 0 Å². The fourth-order valence-corrected chi connectivity index (χ4v) is 4.92. The molecule has 1 amide bonds. The number of nitrogens with zero attached hydrogens (tertiary/aromatic N) is 2. The number of fused-ring (bicyclic) bond motifs is 4. The van der Waals surface area contributed by atoms with E-state index >= 15 is 0 Å². The van der Waals surface area contributed by atoms with Crippen LogP contribution in [0.4, 0.5) is 0 Å². The van der Waals surface area contributed by atoms with E-state index in [4.69, 9.17) is 0 Å². The number of rotatable bonds is 5. The first-order valence-electron chi connectivity index (χ1n) is 10.1. The maximum absolute atomic E-state index is 13.2. The molecule has 1 aromatic carbocycles. The topological polar surface area (TPSA) is 74.6 Å². The molecule has 1 aromatic heterocycles. The molecular weight excluding hydrogens is 366 g/mol. The number of hydrogen-bond acceptors (Lipinski definition) is 4. The lowest BCUT2D eigenvalue weighted by atomic mass is 9.86.